The summed E-state index contributed by atoms with van der Waals surface area (Å²) < 4.78 is 15.4. The van der Waals surface area contributed by atoms with Crippen molar-refractivity contribution in [1.29, 1.82) is 0 Å². The summed E-state index contributed by atoms with van der Waals surface area (Å²) in [6.45, 7) is -0.293. The van der Waals surface area contributed by atoms with Gasteiger partial charge in [0.25, 0.3) is 5.91 Å². The van der Waals surface area contributed by atoms with E-state index < -0.39 is 5.91 Å². The average molecular weight is 349 g/mol. The molecule has 1 N–H and O–H groups in total. The standard InChI is InChI=1S/C19H27NO5/c1-23-15-9-10-16(17(12-15)24-2)20-18(21)13-25-19(22)11-8-14-6-4-3-5-7-14/h9-10,12,14H,3-8,11,13H2,1-2H3,(H,20,21). The molecule has 6 nitrogen and oxygen atoms in total. The molecule has 6 heteroatoms. The Morgan fingerprint density at radius 2 is 1.88 bits per heavy atom. The Morgan fingerprint density at radius 1 is 1.12 bits per heavy atom. The molecule has 138 valence electrons. The van der Waals surface area contributed by atoms with Gasteiger partial charge in [0.05, 0.1) is 19.9 Å². The van der Waals surface area contributed by atoms with Crippen molar-refractivity contribution in [1.82, 2.24) is 0 Å². The van der Waals surface area contributed by atoms with Gasteiger partial charge in [-0.15, -0.1) is 0 Å². The molecule has 1 amide bonds. The second-order valence-corrected chi connectivity index (χ2v) is 6.32. The summed E-state index contributed by atoms with van der Waals surface area (Å²) in [5, 5.41) is 2.68. The van der Waals surface area contributed by atoms with E-state index in [1.54, 1.807) is 25.3 Å². The van der Waals surface area contributed by atoms with E-state index in [0.29, 0.717) is 29.5 Å². The molecule has 0 unspecified atom stereocenters. The highest BCUT2D eigenvalue weighted by molar-refractivity contribution is 5.94. The highest BCUT2D eigenvalue weighted by Gasteiger charge is 2.16. The fourth-order valence-electron chi connectivity index (χ4n) is 3.10. The second kappa shape index (κ2) is 9.91. The summed E-state index contributed by atoms with van der Waals surface area (Å²) in [6.07, 6.45) is 7.44. The van der Waals surface area contributed by atoms with E-state index in [2.05, 4.69) is 5.32 Å². The van der Waals surface area contributed by atoms with Gasteiger partial charge >= 0.3 is 5.97 Å². The van der Waals surface area contributed by atoms with Crippen LogP contribution >= 0.6 is 0 Å². The molecule has 0 saturated heterocycles. The molecule has 2 rings (SSSR count). The van der Waals surface area contributed by atoms with Crippen molar-refractivity contribution in [2.45, 2.75) is 44.9 Å². The van der Waals surface area contributed by atoms with Gasteiger partial charge in [0, 0.05) is 12.5 Å². The molecular formula is C19H27NO5. The van der Waals surface area contributed by atoms with Crippen molar-refractivity contribution in [2.24, 2.45) is 5.92 Å². The molecule has 25 heavy (non-hydrogen) atoms. The van der Waals surface area contributed by atoms with Crippen LogP contribution in [0.4, 0.5) is 5.69 Å². The normalized spacial score (nSPS) is 14.6. The largest absolute Gasteiger partial charge is 0.497 e. The van der Waals surface area contributed by atoms with Crippen LogP contribution in [0.5, 0.6) is 11.5 Å². The third-order valence-electron chi connectivity index (χ3n) is 4.53. The summed E-state index contributed by atoms with van der Waals surface area (Å²) in [4.78, 5) is 23.8. The molecule has 0 aliphatic heterocycles. The van der Waals surface area contributed by atoms with Crippen molar-refractivity contribution in [3.05, 3.63) is 18.2 Å². The van der Waals surface area contributed by atoms with Crippen molar-refractivity contribution in [3.63, 3.8) is 0 Å². The SMILES string of the molecule is COc1ccc(NC(=O)COC(=O)CCC2CCCCC2)c(OC)c1. The van der Waals surface area contributed by atoms with Gasteiger partial charge in [-0.3, -0.25) is 9.59 Å². The van der Waals surface area contributed by atoms with E-state index in [9.17, 15) is 9.59 Å². The van der Waals surface area contributed by atoms with Crippen LogP contribution in [0.1, 0.15) is 44.9 Å². The first kappa shape index (κ1) is 19.1. The van der Waals surface area contributed by atoms with Gasteiger partial charge in [-0.25, -0.2) is 0 Å². The van der Waals surface area contributed by atoms with Crippen LogP contribution in [-0.4, -0.2) is 32.7 Å². The molecule has 0 atom stereocenters. The number of esters is 1. The minimum absolute atomic E-state index is 0.293. The summed E-state index contributed by atoms with van der Waals surface area (Å²) in [5.41, 5.74) is 0.506. The molecule has 1 fully saturated rings. The lowest BCUT2D eigenvalue weighted by atomic mass is 9.86. The number of amides is 1. The van der Waals surface area contributed by atoms with Crippen LogP contribution in [0.2, 0.25) is 0 Å². The van der Waals surface area contributed by atoms with Crippen molar-refractivity contribution >= 4 is 17.6 Å². The lowest BCUT2D eigenvalue weighted by molar-refractivity contribution is -0.147. The molecule has 0 bridgehead atoms. The molecule has 1 aliphatic carbocycles. The van der Waals surface area contributed by atoms with E-state index >= 15 is 0 Å². The Kier molecular flexibility index (Phi) is 7.57. The van der Waals surface area contributed by atoms with Gasteiger partial charge in [0.15, 0.2) is 6.61 Å². The average Bonchev–Trinajstić information content (AvgIpc) is 2.65. The third-order valence-corrected chi connectivity index (χ3v) is 4.53. The molecular weight excluding hydrogens is 322 g/mol. The quantitative estimate of drug-likeness (QED) is 0.727. The monoisotopic (exact) mass is 349 g/mol. The molecule has 1 aromatic carbocycles. The highest BCUT2D eigenvalue weighted by Crippen LogP contribution is 2.29. The zero-order chi connectivity index (χ0) is 18.1. The molecule has 0 heterocycles. The van der Waals surface area contributed by atoms with Crippen LogP contribution in [-0.2, 0) is 14.3 Å². The van der Waals surface area contributed by atoms with E-state index in [4.69, 9.17) is 14.2 Å². The van der Waals surface area contributed by atoms with Gasteiger partial charge in [-0.05, 0) is 24.5 Å². The van der Waals surface area contributed by atoms with Gasteiger partial charge in [-0.2, -0.15) is 0 Å². The zero-order valence-electron chi connectivity index (χ0n) is 15.0. The van der Waals surface area contributed by atoms with Gasteiger partial charge in [-0.1, -0.05) is 32.1 Å². The maximum Gasteiger partial charge on any atom is 0.306 e. The van der Waals surface area contributed by atoms with E-state index in [-0.39, 0.29) is 12.6 Å². The van der Waals surface area contributed by atoms with Crippen LogP contribution in [0.25, 0.3) is 0 Å². The van der Waals surface area contributed by atoms with Crippen LogP contribution in [0.3, 0.4) is 0 Å². The number of rotatable bonds is 8. The lowest BCUT2D eigenvalue weighted by Crippen LogP contribution is -2.21. The first-order valence-corrected chi connectivity index (χ1v) is 8.80. The number of nitrogens with one attached hydrogen (secondary N) is 1. The number of hydrogen-bond donors (Lipinski definition) is 1. The zero-order valence-corrected chi connectivity index (χ0v) is 15.0. The summed E-state index contributed by atoms with van der Waals surface area (Å²) in [7, 11) is 3.06. The van der Waals surface area contributed by atoms with Crippen molar-refractivity contribution in [2.75, 3.05) is 26.1 Å². The van der Waals surface area contributed by atoms with E-state index in [0.717, 1.165) is 6.42 Å². The first-order chi connectivity index (χ1) is 12.1. The number of anilines is 1. The van der Waals surface area contributed by atoms with Crippen LogP contribution in [0.15, 0.2) is 18.2 Å². The minimum Gasteiger partial charge on any atom is -0.497 e. The Morgan fingerprint density at radius 3 is 2.56 bits per heavy atom. The number of carbonyl (C=O) groups excluding carboxylic acids is 2. The highest BCUT2D eigenvalue weighted by atomic mass is 16.5. The number of benzene rings is 1. The third kappa shape index (κ3) is 6.29. The second-order valence-electron chi connectivity index (χ2n) is 6.32. The fourth-order valence-corrected chi connectivity index (χ4v) is 3.10. The smallest absolute Gasteiger partial charge is 0.306 e. The van der Waals surface area contributed by atoms with Crippen LogP contribution < -0.4 is 14.8 Å². The van der Waals surface area contributed by atoms with E-state index in [1.165, 1.54) is 39.2 Å². The maximum absolute atomic E-state index is 12.0. The Hall–Kier alpha value is -2.24. The first-order valence-electron chi connectivity index (χ1n) is 8.80. The van der Waals surface area contributed by atoms with Gasteiger partial charge in [0.1, 0.15) is 11.5 Å². The molecule has 1 aliphatic rings. The van der Waals surface area contributed by atoms with Gasteiger partial charge < -0.3 is 19.5 Å². The van der Waals surface area contributed by atoms with E-state index in [1.807, 2.05) is 0 Å². The lowest BCUT2D eigenvalue weighted by Gasteiger charge is -2.20. The Balaban J connectivity index is 1.73. The number of ether oxygens (including phenoxy) is 3. The molecule has 0 radical (unpaired) electrons. The predicted molar refractivity (Wildman–Crippen MR) is 94.9 cm³/mol. The Labute approximate surface area is 148 Å². The number of carbonyl (C=O) groups is 2. The Bertz CT molecular complexity index is 581. The van der Waals surface area contributed by atoms with Crippen LogP contribution in [0, 0.1) is 5.92 Å². The molecule has 0 spiro atoms. The predicted octanol–water partition coefficient (Wildman–Crippen LogP) is 3.55. The topological polar surface area (TPSA) is 73.9 Å². The molecule has 0 aromatic heterocycles. The number of hydrogen-bond acceptors (Lipinski definition) is 5. The minimum atomic E-state index is -0.394. The summed E-state index contributed by atoms with van der Waals surface area (Å²) >= 11 is 0. The summed E-state index contributed by atoms with van der Waals surface area (Å²) in [5.74, 6) is 1.02. The fraction of sp³-hybridized carbons (Fsp3) is 0.579. The van der Waals surface area contributed by atoms with Crippen molar-refractivity contribution in [3.8, 4) is 11.5 Å². The van der Waals surface area contributed by atoms with Crippen molar-refractivity contribution < 1.29 is 23.8 Å². The maximum atomic E-state index is 12.0. The summed E-state index contributed by atoms with van der Waals surface area (Å²) in [6, 6.07) is 5.07. The molecule has 1 saturated carbocycles. The number of methoxy groups -OCH3 is 2. The molecule has 1 aromatic rings. The van der Waals surface area contributed by atoms with Gasteiger partial charge in [0.2, 0.25) is 0 Å².